The molecule has 0 bridgehead atoms. The third-order valence-corrected chi connectivity index (χ3v) is 9.86. The van der Waals surface area contributed by atoms with Gasteiger partial charge in [0.2, 0.25) is 18.1 Å². The molecule has 4 heteroatoms. The number of unbranched alkanes of at least 4 members (excludes halogenated alkanes) is 18. The van der Waals surface area contributed by atoms with Gasteiger partial charge in [-0.25, -0.2) is 0 Å². The van der Waals surface area contributed by atoms with Gasteiger partial charge in [-0.15, -0.1) is 0 Å². The van der Waals surface area contributed by atoms with Gasteiger partial charge >= 0.3 is 0 Å². The molecule has 2 unspecified atom stereocenters. The molecule has 182 valence electrons. The molecule has 0 spiro atoms. The Kier molecular flexibility index (Phi) is 25.9. The van der Waals surface area contributed by atoms with E-state index < -0.39 is 18.1 Å². The van der Waals surface area contributed by atoms with Crippen molar-refractivity contribution in [3.63, 3.8) is 0 Å². The molecule has 0 aliphatic carbocycles. The van der Waals surface area contributed by atoms with Crippen LogP contribution in [-0.2, 0) is 9.15 Å². The Bertz CT molecular complexity index is 285. The molecule has 0 aromatic heterocycles. The van der Waals surface area contributed by atoms with Gasteiger partial charge in [-0.3, -0.25) is 0 Å². The van der Waals surface area contributed by atoms with Crippen LogP contribution in [-0.4, -0.2) is 18.1 Å². The van der Waals surface area contributed by atoms with E-state index in [1.54, 1.807) is 0 Å². The molecule has 0 N–H and O–H groups in total. The molecule has 0 rings (SSSR count). The van der Waals surface area contributed by atoms with Gasteiger partial charge in [0.05, 0.1) is 0 Å². The number of hydrogen-bond donors (Lipinski definition) is 0. The Labute approximate surface area is 194 Å². The van der Waals surface area contributed by atoms with Crippen LogP contribution in [0, 0.1) is 0 Å². The Hall–Kier alpha value is 0.354. The van der Waals surface area contributed by atoms with Crippen LogP contribution in [0.1, 0.15) is 142 Å². The third-order valence-electron chi connectivity index (χ3n) is 6.31. The summed E-state index contributed by atoms with van der Waals surface area (Å²) in [5.74, 6) is 0. The average Bonchev–Trinajstić information content (AvgIpc) is 2.75. The first kappa shape index (κ1) is 30.4. The van der Waals surface area contributed by atoms with Crippen molar-refractivity contribution >= 4 is 18.1 Å². The van der Waals surface area contributed by atoms with E-state index in [0.29, 0.717) is 0 Å². The van der Waals surface area contributed by atoms with Crippen molar-refractivity contribution in [3.8, 4) is 0 Å². The summed E-state index contributed by atoms with van der Waals surface area (Å²) in [6.45, 7) is 9.21. The Balaban J connectivity index is 3.28. The van der Waals surface area contributed by atoms with Gasteiger partial charge in [0, 0.05) is 0 Å². The minimum atomic E-state index is -1.09. The molecule has 2 nitrogen and oxygen atoms in total. The standard InChI is InChI=1S/C26H58O2Si2/c1-5-7-9-11-13-15-17-19-21-23-25-29(3)27-28-30(4)26-24-22-20-18-16-14-12-10-8-6-2/h29-30H,5-26H2,1-4H3. The van der Waals surface area contributed by atoms with Gasteiger partial charge in [0.1, 0.15) is 0 Å². The number of hydrogen-bond acceptors (Lipinski definition) is 2. The minimum Gasteiger partial charge on any atom is -0.302 e. The van der Waals surface area contributed by atoms with E-state index in [9.17, 15) is 0 Å². The molecule has 30 heavy (non-hydrogen) atoms. The van der Waals surface area contributed by atoms with E-state index in [2.05, 4.69) is 26.9 Å². The van der Waals surface area contributed by atoms with E-state index in [4.69, 9.17) is 9.15 Å². The summed E-state index contributed by atoms with van der Waals surface area (Å²) in [6, 6.07) is 2.58. The lowest BCUT2D eigenvalue weighted by Crippen LogP contribution is -2.21. The third kappa shape index (κ3) is 24.6. The molecule has 0 aliphatic heterocycles. The summed E-state index contributed by atoms with van der Waals surface area (Å²) in [4.78, 5) is 0. The first-order valence-corrected chi connectivity index (χ1v) is 18.9. The molecule has 0 heterocycles. The minimum absolute atomic E-state index is 1.09. The topological polar surface area (TPSA) is 18.5 Å². The molecular formula is C26H58O2Si2. The van der Waals surface area contributed by atoms with Crippen molar-refractivity contribution in [1.82, 2.24) is 0 Å². The maximum atomic E-state index is 5.83. The second-order valence-corrected chi connectivity index (χ2v) is 14.5. The van der Waals surface area contributed by atoms with E-state index in [-0.39, 0.29) is 0 Å². The zero-order valence-corrected chi connectivity index (χ0v) is 23.8. The van der Waals surface area contributed by atoms with Crippen LogP contribution in [0.15, 0.2) is 0 Å². The van der Waals surface area contributed by atoms with Gasteiger partial charge < -0.3 is 9.15 Å². The van der Waals surface area contributed by atoms with Crippen molar-refractivity contribution in [2.45, 2.75) is 167 Å². The molecule has 0 saturated carbocycles. The lowest BCUT2D eigenvalue weighted by Gasteiger charge is -2.15. The van der Waals surface area contributed by atoms with E-state index in [1.165, 1.54) is 141 Å². The van der Waals surface area contributed by atoms with Crippen LogP contribution in [0.2, 0.25) is 25.2 Å². The molecule has 2 atom stereocenters. The SMILES string of the molecule is CCCCCCCCCCCC[SiH](C)OO[SiH](C)CCCCCCCCCCCC. The predicted octanol–water partition coefficient (Wildman–Crippen LogP) is 9.48. The molecule has 0 radical (unpaired) electrons. The highest BCUT2D eigenvalue weighted by atomic mass is 28.3. The maximum absolute atomic E-state index is 5.83. The fraction of sp³-hybridized carbons (Fsp3) is 1.00. The van der Waals surface area contributed by atoms with Crippen LogP contribution in [0.3, 0.4) is 0 Å². The first-order valence-electron chi connectivity index (χ1n) is 14.0. The lowest BCUT2D eigenvalue weighted by atomic mass is 10.1. The van der Waals surface area contributed by atoms with E-state index in [1.807, 2.05) is 0 Å². The first-order chi connectivity index (χ1) is 14.7. The largest absolute Gasteiger partial charge is 0.302 e. The zero-order valence-electron chi connectivity index (χ0n) is 21.5. The molecule has 0 amide bonds. The van der Waals surface area contributed by atoms with E-state index in [0.717, 1.165) is 0 Å². The summed E-state index contributed by atoms with van der Waals surface area (Å²) in [5, 5.41) is 0. The Morgan fingerprint density at radius 2 is 0.600 bits per heavy atom. The van der Waals surface area contributed by atoms with Crippen molar-refractivity contribution in [2.24, 2.45) is 0 Å². The Morgan fingerprint density at radius 1 is 0.367 bits per heavy atom. The lowest BCUT2D eigenvalue weighted by molar-refractivity contribution is -0.111. The van der Waals surface area contributed by atoms with Crippen LogP contribution in [0.4, 0.5) is 0 Å². The van der Waals surface area contributed by atoms with Crippen molar-refractivity contribution < 1.29 is 9.15 Å². The summed E-state index contributed by atoms with van der Waals surface area (Å²) in [6.07, 6.45) is 28.3. The summed E-state index contributed by atoms with van der Waals surface area (Å²) in [7, 11) is -2.19. The summed E-state index contributed by atoms with van der Waals surface area (Å²) in [5.41, 5.74) is 0. The molecule has 0 aromatic carbocycles. The van der Waals surface area contributed by atoms with Crippen molar-refractivity contribution in [2.75, 3.05) is 0 Å². The van der Waals surface area contributed by atoms with Crippen LogP contribution < -0.4 is 0 Å². The van der Waals surface area contributed by atoms with Crippen LogP contribution in [0.5, 0.6) is 0 Å². The monoisotopic (exact) mass is 458 g/mol. The van der Waals surface area contributed by atoms with Crippen LogP contribution >= 0.6 is 0 Å². The number of rotatable bonds is 25. The molecule has 0 aromatic rings. The predicted molar refractivity (Wildman–Crippen MR) is 141 cm³/mol. The second kappa shape index (κ2) is 25.6. The fourth-order valence-corrected chi connectivity index (χ4v) is 7.56. The molecule has 0 fully saturated rings. The Morgan fingerprint density at radius 3 is 0.867 bits per heavy atom. The molecular weight excluding hydrogens is 400 g/mol. The van der Waals surface area contributed by atoms with Gasteiger partial charge in [-0.1, -0.05) is 142 Å². The normalized spacial score (nSPS) is 13.6. The van der Waals surface area contributed by atoms with Crippen molar-refractivity contribution in [3.05, 3.63) is 0 Å². The van der Waals surface area contributed by atoms with Gasteiger partial charge in [0.15, 0.2) is 0 Å². The fourth-order valence-electron chi connectivity index (χ4n) is 4.12. The highest BCUT2D eigenvalue weighted by Gasteiger charge is 2.11. The molecule has 0 aliphatic rings. The summed E-state index contributed by atoms with van der Waals surface area (Å²) >= 11 is 0. The molecule has 0 saturated heterocycles. The van der Waals surface area contributed by atoms with Crippen LogP contribution in [0.25, 0.3) is 0 Å². The highest BCUT2D eigenvalue weighted by Crippen LogP contribution is 2.14. The summed E-state index contributed by atoms with van der Waals surface area (Å²) < 4.78 is 11.7. The maximum Gasteiger partial charge on any atom is 0.219 e. The van der Waals surface area contributed by atoms with Crippen molar-refractivity contribution in [1.29, 1.82) is 0 Å². The zero-order chi connectivity index (χ0) is 22.1. The van der Waals surface area contributed by atoms with E-state index >= 15 is 0 Å². The average molecular weight is 459 g/mol. The highest BCUT2D eigenvalue weighted by molar-refractivity contribution is 6.52. The smallest absolute Gasteiger partial charge is 0.219 e. The quantitative estimate of drug-likeness (QED) is 0.0586. The van der Waals surface area contributed by atoms with Gasteiger partial charge in [-0.05, 0) is 25.2 Å². The van der Waals surface area contributed by atoms with Gasteiger partial charge in [-0.2, -0.15) is 0 Å². The second-order valence-electron chi connectivity index (χ2n) is 9.75. The van der Waals surface area contributed by atoms with Gasteiger partial charge in [0.25, 0.3) is 0 Å².